The van der Waals surface area contributed by atoms with Gasteiger partial charge in [0.25, 0.3) is 0 Å². The molecule has 7 heteroatoms. The lowest BCUT2D eigenvalue weighted by molar-refractivity contribution is -0.227. The fourth-order valence-corrected chi connectivity index (χ4v) is 5.04. The Balaban J connectivity index is 1.38. The van der Waals surface area contributed by atoms with Crippen molar-refractivity contribution < 1.29 is 33.9 Å². The van der Waals surface area contributed by atoms with E-state index in [9.17, 15) is 19.7 Å². The van der Waals surface area contributed by atoms with Gasteiger partial charge in [-0.05, 0) is 62.6 Å². The molecule has 1 unspecified atom stereocenters. The topological polar surface area (TPSA) is 88.4 Å². The molecule has 0 spiro atoms. The highest BCUT2D eigenvalue weighted by Crippen LogP contribution is 2.36. The van der Waals surface area contributed by atoms with E-state index in [0.717, 1.165) is 31.2 Å². The first-order chi connectivity index (χ1) is 15.0. The van der Waals surface area contributed by atoms with Crippen LogP contribution in [-0.2, 0) is 9.47 Å². The summed E-state index contributed by atoms with van der Waals surface area (Å²) in [6.45, 7) is 1.01. The van der Waals surface area contributed by atoms with E-state index < -0.39 is 37.2 Å². The van der Waals surface area contributed by atoms with Crippen molar-refractivity contribution in [2.75, 3.05) is 6.67 Å². The van der Waals surface area contributed by atoms with Crippen molar-refractivity contribution in [1.82, 2.24) is 0 Å². The molecule has 1 saturated heterocycles. The van der Waals surface area contributed by atoms with Gasteiger partial charge >= 0.3 is 0 Å². The minimum absolute atomic E-state index is 0.0978. The first-order valence-electron chi connectivity index (χ1n) is 11.6. The molecule has 0 radical (unpaired) electrons. The van der Waals surface area contributed by atoms with Crippen LogP contribution in [0.3, 0.4) is 0 Å². The Morgan fingerprint density at radius 3 is 2.23 bits per heavy atom. The monoisotopic (exact) mass is 438 g/mol. The average Bonchev–Trinajstić information content (AvgIpc) is 3.28. The smallest absolute Gasteiger partial charge is 0.122 e. The van der Waals surface area contributed by atoms with Crippen LogP contribution in [0.5, 0.6) is 5.75 Å². The van der Waals surface area contributed by atoms with E-state index in [1.54, 1.807) is 12.1 Å². The summed E-state index contributed by atoms with van der Waals surface area (Å²) in [5.41, 5.74) is 1.55. The second kappa shape index (κ2) is 10.1. The highest BCUT2D eigenvalue weighted by molar-refractivity contribution is 5.38. The number of rotatable bonds is 6. The van der Waals surface area contributed by atoms with Crippen LogP contribution in [-0.4, -0.2) is 64.7 Å². The summed E-state index contributed by atoms with van der Waals surface area (Å²) in [5, 5.41) is 30.4. The molecule has 5 atom stereocenters. The van der Waals surface area contributed by atoms with Crippen molar-refractivity contribution in [2.45, 2.75) is 107 Å². The van der Waals surface area contributed by atoms with Crippen molar-refractivity contribution in [3.8, 4) is 5.75 Å². The number of hydrogen-bond donors (Lipinski definition) is 3. The number of aryl methyl sites for hydroxylation is 1. The summed E-state index contributed by atoms with van der Waals surface area (Å²) >= 11 is 0. The molecule has 4 rings (SSSR count). The maximum absolute atomic E-state index is 13.2. The zero-order valence-corrected chi connectivity index (χ0v) is 18.2. The van der Waals surface area contributed by atoms with Gasteiger partial charge in [0.2, 0.25) is 0 Å². The maximum atomic E-state index is 13.2. The lowest BCUT2D eigenvalue weighted by atomic mass is 9.91. The van der Waals surface area contributed by atoms with Gasteiger partial charge in [0, 0.05) is 0 Å². The summed E-state index contributed by atoms with van der Waals surface area (Å²) in [7, 11) is 0. The number of alkyl halides is 1. The van der Waals surface area contributed by atoms with E-state index >= 15 is 0 Å². The first-order valence-corrected chi connectivity index (χ1v) is 11.6. The largest absolute Gasteiger partial charge is 0.490 e. The number of aliphatic hydroxyl groups is 3. The van der Waals surface area contributed by atoms with Crippen LogP contribution in [0.4, 0.5) is 4.39 Å². The van der Waals surface area contributed by atoms with Crippen LogP contribution in [0.2, 0.25) is 0 Å². The van der Waals surface area contributed by atoms with Gasteiger partial charge in [0.05, 0.1) is 18.3 Å². The lowest BCUT2D eigenvalue weighted by Gasteiger charge is -2.40. The van der Waals surface area contributed by atoms with Crippen LogP contribution in [0.25, 0.3) is 0 Å². The van der Waals surface area contributed by atoms with Gasteiger partial charge in [0.15, 0.2) is 0 Å². The van der Waals surface area contributed by atoms with E-state index in [0.29, 0.717) is 23.5 Å². The predicted molar refractivity (Wildman–Crippen MR) is 113 cm³/mol. The van der Waals surface area contributed by atoms with Crippen molar-refractivity contribution in [3.05, 3.63) is 29.3 Å². The van der Waals surface area contributed by atoms with Gasteiger partial charge in [-0.3, -0.25) is 0 Å². The number of halogens is 1. The molecular weight excluding hydrogens is 403 g/mol. The molecule has 0 aromatic heterocycles. The Kier molecular flexibility index (Phi) is 7.49. The third-order valence-corrected chi connectivity index (χ3v) is 7.01. The highest BCUT2D eigenvalue weighted by atomic mass is 19.1. The van der Waals surface area contributed by atoms with Crippen LogP contribution in [0.1, 0.15) is 68.6 Å². The van der Waals surface area contributed by atoms with Gasteiger partial charge < -0.3 is 29.5 Å². The molecular formula is C24H35FO6. The molecule has 31 heavy (non-hydrogen) atoms. The zero-order chi connectivity index (χ0) is 22.0. The Morgan fingerprint density at radius 1 is 0.903 bits per heavy atom. The minimum atomic E-state index is -1.47. The normalized spacial score (nSPS) is 37.1. The fourth-order valence-electron chi connectivity index (χ4n) is 5.04. The van der Waals surface area contributed by atoms with Crippen LogP contribution in [0, 0.1) is 6.92 Å². The average molecular weight is 439 g/mol. The molecule has 3 fully saturated rings. The molecule has 1 aliphatic heterocycles. The second-order valence-corrected chi connectivity index (χ2v) is 9.31. The number of benzene rings is 1. The molecule has 0 amide bonds. The predicted octanol–water partition coefficient (Wildman–Crippen LogP) is 3.14. The van der Waals surface area contributed by atoms with E-state index in [-0.39, 0.29) is 6.10 Å². The standard InChI is InChI=1S/C24H35FO6/c1-14-6-7-15(24-23(28)22(27)21(26)20(13-25)31-24)12-19(14)30-18-10-8-17(9-11-18)29-16-4-2-3-5-16/h6-7,12,16-18,20-24,26-28H,2-5,8-11,13H2,1H3/t17?,18?,20-,21-,22?,23-,24+/m1/s1. The van der Waals surface area contributed by atoms with E-state index in [4.69, 9.17) is 14.2 Å². The van der Waals surface area contributed by atoms with Crippen LogP contribution < -0.4 is 4.74 Å². The van der Waals surface area contributed by atoms with Crippen molar-refractivity contribution in [3.63, 3.8) is 0 Å². The third kappa shape index (κ3) is 5.22. The highest BCUT2D eigenvalue weighted by Gasteiger charge is 2.44. The van der Waals surface area contributed by atoms with Crippen LogP contribution in [0.15, 0.2) is 18.2 Å². The fraction of sp³-hybridized carbons (Fsp3) is 0.750. The Labute approximate surface area is 183 Å². The van der Waals surface area contributed by atoms with Gasteiger partial charge in [-0.25, -0.2) is 4.39 Å². The summed E-state index contributed by atoms with van der Waals surface area (Å²) in [6, 6.07) is 5.45. The second-order valence-electron chi connectivity index (χ2n) is 9.31. The van der Waals surface area contributed by atoms with Gasteiger partial charge in [-0.2, -0.15) is 0 Å². The van der Waals surface area contributed by atoms with Gasteiger partial charge in [-0.15, -0.1) is 0 Å². The summed E-state index contributed by atoms with van der Waals surface area (Å²) in [5.74, 6) is 0.700. The lowest BCUT2D eigenvalue weighted by Crippen LogP contribution is -2.54. The molecule has 1 aromatic carbocycles. The molecule has 6 nitrogen and oxygen atoms in total. The number of ether oxygens (including phenoxy) is 3. The molecule has 3 aliphatic rings. The molecule has 2 aliphatic carbocycles. The molecule has 174 valence electrons. The summed E-state index contributed by atoms with van der Waals surface area (Å²) < 4.78 is 31.3. The minimum Gasteiger partial charge on any atom is -0.490 e. The SMILES string of the molecule is Cc1ccc([C@@H]2O[C@H](CF)[C@@H](O)C(O)[C@H]2O)cc1OC1CCC(OC2CCCC2)CC1. The van der Waals surface area contributed by atoms with Crippen molar-refractivity contribution in [1.29, 1.82) is 0 Å². The van der Waals surface area contributed by atoms with Crippen molar-refractivity contribution >= 4 is 0 Å². The molecule has 1 aromatic rings. The number of hydrogen-bond acceptors (Lipinski definition) is 6. The number of aliphatic hydroxyl groups excluding tert-OH is 3. The van der Waals surface area contributed by atoms with Crippen LogP contribution >= 0.6 is 0 Å². The Hall–Kier alpha value is -1.25. The third-order valence-electron chi connectivity index (χ3n) is 7.01. The van der Waals surface area contributed by atoms with Crippen molar-refractivity contribution in [2.24, 2.45) is 0 Å². The zero-order valence-electron chi connectivity index (χ0n) is 18.2. The van der Waals surface area contributed by atoms with E-state index in [1.165, 1.54) is 25.7 Å². The molecule has 2 saturated carbocycles. The molecule has 0 bridgehead atoms. The summed E-state index contributed by atoms with van der Waals surface area (Å²) in [6.07, 6.45) is 3.24. The maximum Gasteiger partial charge on any atom is 0.122 e. The van der Waals surface area contributed by atoms with Gasteiger partial charge in [-0.1, -0.05) is 25.0 Å². The molecule has 3 N–H and O–H groups in total. The Morgan fingerprint density at radius 2 is 1.55 bits per heavy atom. The van der Waals surface area contributed by atoms with E-state index in [1.807, 2.05) is 13.0 Å². The Bertz CT molecular complexity index is 714. The molecule has 1 heterocycles. The summed E-state index contributed by atoms with van der Waals surface area (Å²) in [4.78, 5) is 0. The first kappa shape index (κ1) is 22.9. The van der Waals surface area contributed by atoms with Gasteiger partial charge in [0.1, 0.15) is 42.9 Å². The quantitative estimate of drug-likeness (QED) is 0.633. The van der Waals surface area contributed by atoms with E-state index in [2.05, 4.69) is 0 Å².